The van der Waals surface area contributed by atoms with Gasteiger partial charge in [0.15, 0.2) is 12.4 Å². The molecule has 0 spiro atoms. The van der Waals surface area contributed by atoms with E-state index >= 15 is 0 Å². The Balaban J connectivity index is 1.13. The van der Waals surface area contributed by atoms with Crippen LogP contribution in [0, 0.1) is 0 Å². The van der Waals surface area contributed by atoms with Crippen LogP contribution in [0.2, 0.25) is 0 Å². The minimum absolute atomic E-state index is 0.143. The Morgan fingerprint density at radius 2 is 0.846 bits per heavy atom. The fourth-order valence-corrected chi connectivity index (χ4v) is 8.04. The SMILES string of the molecule is COc1ccc(O[C@H]2O[C@H](COCc3ccccc3)[C@H](OCc3ccccc3)[C@H](OCc3ccccc3)[C@H]2O[C@@H]2O[C@@H](C)[C@H](OCc3ccccc3)[C@@H](OCc3ccccc3)[C@H]2O)cc1. The maximum Gasteiger partial charge on any atom is 0.229 e. The van der Waals surface area contributed by atoms with Gasteiger partial charge in [0.1, 0.15) is 48.1 Å². The van der Waals surface area contributed by atoms with E-state index in [0.29, 0.717) is 24.7 Å². The molecule has 2 aliphatic heterocycles. The van der Waals surface area contributed by atoms with Crippen LogP contribution in [0.15, 0.2) is 176 Å². The molecule has 0 radical (unpaired) electrons. The summed E-state index contributed by atoms with van der Waals surface area (Å²) in [5, 5.41) is 12.4. The van der Waals surface area contributed by atoms with Gasteiger partial charge in [0, 0.05) is 0 Å². The first kappa shape index (κ1) is 46.1. The Morgan fingerprint density at radius 3 is 1.32 bits per heavy atom. The topological polar surface area (TPSA) is 113 Å². The molecule has 2 aliphatic rings. The molecule has 0 unspecified atom stereocenters. The van der Waals surface area contributed by atoms with E-state index < -0.39 is 61.4 Å². The molecule has 11 heteroatoms. The van der Waals surface area contributed by atoms with E-state index in [9.17, 15) is 5.11 Å². The lowest BCUT2D eigenvalue weighted by atomic mass is 9.96. The highest BCUT2D eigenvalue weighted by molar-refractivity contribution is 5.31. The largest absolute Gasteiger partial charge is 0.497 e. The molecule has 8 rings (SSSR count). The summed E-state index contributed by atoms with van der Waals surface area (Å²) in [4.78, 5) is 0. The van der Waals surface area contributed by atoms with Gasteiger partial charge >= 0.3 is 0 Å². The predicted molar refractivity (Wildman–Crippen MR) is 244 cm³/mol. The van der Waals surface area contributed by atoms with Crippen molar-refractivity contribution in [1.29, 1.82) is 0 Å². The highest BCUT2D eigenvalue weighted by Crippen LogP contribution is 2.36. The normalized spacial score (nSPS) is 25.5. The lowest BCUT2D eigenvalue weighted by Gasteiger charge is -2.49. The van der Waals surface area contributed by atoms with Crippen molar-refractivity contribution in [2.45, 2.75) is 101 Å². The van der Waals surface area contributed by atoms with E-state index in [1.807, 2.05) is 171 Å². The van der Waals surface area contributed by atoms with Gasteiger partial charge in [0.2, 0.25) is 6.29 Å². The third-order valence-corrected chi connectivity index (χ3v) is 11.5. The molecule has 0 bridgehead atoms. The zero-order chi connectivity index (χ0) is 44.6. The van der Waals surface area contributed by atoms with Gasteiger partial charge in [-0.15, -0.1) is 0 Å². The summed E-state index contributed by atoms with van der Waals surface area (Å²) in [5.41, 5.74) is 4.85. The Morgan fingerprint density at radius 1 is 0.431 bits per heavy atom. The summed E-state index contributed by atoms with van der Waals surface area (Å²) in [7, 11) is 1.61. The van der Waals surface area contributed by atoms with Gasteiger partial charge in [-0.2, -0.15) is 0 Å². The van der Waals surface area contributed by atoms with E-state index in [0.717, 1.165) is 27.8 Å². The smallest absolute Gasteiger partial charge is 0.229 e. The van der Waals surface area contributed by atoms with Crippen molar-refractivity contribution in [2.75, 3.05) is 13.7 Å². The zero-order valence-electron chi connectivity index (χ0n) is 36.8. The molecule has 6 aromatic rings. The third kappa shape index (κ3) is 12.9. The van der Waals surface area contributed by atoms with Gasteiger partial charge < -0.3 is 52.5 Å². The maximum atomic E-state index is 12.4. The number of hydrogen-bond acceptors (Lipinski definition) is 11. The van der Waals surface area contributed by atoms with Crippen molar-refractivity contribution >= 4 is 0 Å². The molecule has 10 atom stereocenters. The first-order valence-corrected chi connectivity index (χ1v) is 22.2. The van der Waals surface area contributed by atoms with Crippen molar-refractivity contribution in [1.82, 2.24) is 0 Å². The van der Waals surface area contributed by atoms with Gasteiger partial charge in [-0.3, -0.25) is 0 Å². The van der Waals surface area contributed by atoms with Crippen LogP contribution in [0.25, 0.3) is 0 Å². The van der Waals surface area contributed by atoms with Crippen molar-refractivity contribution in [2.24, 2.45) is 0 Å². The minimum Gasteiger partial charge on any atom is -0.497 e. The van der Waals surface area contributed by atoms with Crippen LogP contribution in [-0.4, -0.2) is 80.2 Å². The standard InChI is InChI=1S/C54H58O11/c1-38-48(58-33-40-20-10-4-11-21-40)50(60-35-42-24-14-6-15-25-42)47(55)53(62-38)65-52-51(61-36-43-26-16-7-17-27-43)49(59-34-41-22-12-5-13-23-41)46(37-57-32-39-18-8-3-9-19-39)64-54(52)63-45-30-28-44(56-2)29-31-45/h3-31,38,46-55H,32-37H2,1-2H3/t38-,46+,47+,48-,49-,50-,51-,52+,53-,54-/m0/s1. The Kier molecular flexibility index (Phi) is 16.8. The summed E-state index contributed by atoms with van der Waals surface area (Å²) < 4.78 is 66.0. The fourth-order valence-electron chi connectivity index (χ4n) is 8.04. The number of hydrogen-bond donors (Lipinski definition) is 1. The molecular weight excluding hydrogens is 825 g/mol. The molecule has 0 aromatic heterocycles. The van der Waals surface area contributed by atoms with Crippen LogP contribution in [0.5, 0.6) is 11.5 Å². The first-order chi connectivity index (χ1) is 32.0. The van der Waals surface area contributed by atoms with Crippen LogP contribution in [0.3, 0.4) is 0 Å². The fraction of sp³-hybridized carbons (Fsp3) is 0.333. The molecule has 2 fully saturated rings. The molecule has 0 aliphatic carbocycles. The van der Waals surface area contributed by atoms with Gasteiger partial charge in [0.25, 0.3) is 0 Å². The molecule has 1 N–H and O–H groups in total. The van der Waals surface area contributed by atoms with Gasteiger partial charge in [0.05, 0.1) is 52.9 Å². The van der Waals surface area contributed by atoms with E-state index in [4.69, 9.17) is 47.4 Å². The summed E-state index contributed by atoms with van der Waals surface area (Å²) in [5.74, 6) is 1.16. The van der Waals surface area contributed by atoms with Crippen molar-refractivity contribution in [3.05, 3.63) is 204 Å². The molecule has 65 heavy (non-hydrogen) atoms. The van der Waals surface area contributed by atoms with Crippen molar-refractivity contribution in [3.63, 3.8) is 0 Å². The second-order valence-electron chi connectivity index (χ2n) is 16.2. The van der Waals surface area contributed by atoms with Crippen LogP contribution < -0.4 is 9.47 Å². The van der Waals surface area contributed by atoms with E-state index in [2.05, 4.69) is 0 Å². The molecular formula is C54H58O11. The van der Waals surface area contributed by atoms with Crippen LogP contribution in [0.4, 0.5) is 0 Å². The molecule has 2 heterocycles. The molecule has 6 aromatic carbocycles. The Labute approximate surface area is 381 Å². The zero-order valence-corrected chi connectivity index (χ0v) is 36.8. The maximum absolute atomic E-state index is 12.4. The Hall–Kier alpha value is -5.44. The first-order valence-electron chi connectivity index (χ1n) is 22.2. The van der Waals surface area contributed by atoms with Crippen LogP contribution in [0.1, 0.15) is 34.7 Å². The lowest BCUT2D eigenvalue weighted by Crippen LogP contribution is -2.66. The monoisotopic (exact) mass is 882 g/mol. The number of aliphatic hydroxyl groups excluding tert-OH is 1. The second kappa shape index (κ2) is 23.7. The predicted octanol–water partition coefficient (Wildman–Crippen LogP) is 8.85. The van der Waals surface area contributed by atoms with Crippen molar-refractivity contribution < 1.29 is 52.5 Å². The number of ether oxygens (including phenoxy) is 10. The van der Waals surface area contributed by atoms with E-state index in [1.54, 1.807) is 19.2 Å². The van der Waals surface area contributed by atoms with Gasteiger partial charge in [-0.25, -0.2) is 0 Å². The average Bonchev–Trinajstić information content (AvgIpc) is 3.35. The van der Waals surface area contributed by atoms with Gasteiger partial charge in [-0.1, -0.05) is 152 Å². The number of methoxy groups -OCH3 is 1. The second-order valence-corrected chi connectivity index (χ2v) is 16.2. The Bertz CT molecular complexity index is 2240. The highest BCUT2D eigenvalue weighted by atomic mass is 16.8. The minimum atomic E-state index is -1.32. The third-order valence-electron chi connectivity index (χ3n) is 11.5. The highest BCUT2D eigenvalue weighted by Gasteiger charge is 2.54. The van der Waals surface area contributed by atoms with Gasteiger partial charge in [-0.05, 0) is 59.0 Å². The lowest BCUT2D eigenvalue weighted by molar-refractivity contribution is -0.367. The van der Waals surface area contributed by atoms with Crippen LogP contribution >= 0.6 is 0 Å². The molecule has 11 nitrogen and oxygen atoms in total. The average molecular weight is 883 g/mol. The molecule has 340 valence electrons. The van der Waals surface area contributed by atoms with Crippen LogP contribution in [-0.2, 0) is 70.9 Å². The van der Waals surface area contributed by atoms with Crippen molar-refractivity contribution in [3.8, 4) is 11.5 Å². The van der Waals surface area contributed by atoms with E-state index in [1.165, 1.54) is 0 Å². The summed E-state index contributed by atoms with van der Waals surface area (Å²) in [6, 6.07) is 56.7. The number of rotatable bonds is 21. The summed E-state index contributed by atoms with van der Waals surface area (Å²) in [6.07, 6.45) is -9.06. The molecule has 0 amide bonds. The summed E-state index contributed by atoms with van der Waals surface area (Å²) in [6.45, 7) is 3.38. The molecule has 0 saturated carbocycles. The number of benzene rings is 6. The number of aliphatic hydroxyl groups is 1. The quantitative estimate of drug-likeness (QED) is 0.0749. The van der Waals surface area contributed by atoms with E-state index in [-0.39, 0.29) is 26.4 Å². The summed E-state index contributed by atoms with van der Waals surface area (Å²) >= 11 is 0. The molecule has 2 saturated heterocycles.